The van der Waals surface area contributed by atoms with Gasteiger partial charge in [-0.05, 0) is 43.3 Å². The quantitative estimate of drug-likeness (QED) is 0.894. The van der Waals surface area contributed by atoms with E-state index in [1.165, 1.54) is 12.1 Å². The number of rotatable bonds is 4. The highest BCUT2D eigenvalue weighted by molar-refractivity contribution is 5.60. The Bertz CT molecular complexity index is 511. The zero-order chi connectivity index (χ0) is 13.0. The number of nitrogens with zero attached hydrogens (tertiary/aromatic N) is 2. The maximum atomic E-state index is 12.9. The molecule has 0 radical (unpaired) electrons. The van der Waals surface area contributed by atoms with Gasteiger partial charge in [-0.25, -0.2) is 9.37 Å². The Morgan fingerprint density at radius 2 is 1.89 bits per heavy atom. The third kappa shape index (κ3) is 2.77. The number of aromatic nitrogens is 1. The molecule has 0 aliphatic heterocycles. The molecule has 0 saturated heterocycles. The van der Waals surface area contributed by atoms with Gasteiger partial charge in [-0.2, -0.15) is 0 Å². The van der Waals surface area contributed by atoms with Gasteiger partial charge < -0.3 is 10.2 Å². The zero-order valence-corrected chi connectivity index (χ0v) is 10.5. The molecule has 18 heavy (non-hydrogen) atoms. The fourth-order valence-corrected chi connectivity index (χ4v) is 1.69. The second-order valence-electron chi connectivity index (χ2n) is 3.95. The second-order valence-corrected chi connectivity index (χ2v) is 3.95. The molecular formula is C14H16FN3. The van der Waals surface area contributed by atoms with Crippen molar-refractivity contribution < 1.29 is 4.39 Å². The van der Waals surface area contributed by atoms with Crippen molar-refractivity contribution in [3.63, 3.8) is 0 Å². The summed E-state index contributed by atoms with van der Waals surface area (Å²) < 4.78 is 12.9. The smallest absolute Gasteiger partial charge is 0.135 e. The first-order valence-corrected chi connectivity index (χ1v) is 5.91. The molecule has 0 unspecified atom stereocenters. The Balaban J connectivity index is 2.24. The summed E-state index contributed by atoms with van der Waals surface area (Å²) in [4.78, 5) is 6.40. The molecule has 0 fully saturated rings. The van der Waals surface area contributed by atoms with Crippen molar-refractivity contribution in [2.24, 2.45) is 0 Å². The third-order valence-electron chi connectivity index (χ3n) is 2.65. The Hall–Kier alpha value is -2.10. The molecule has 0 saturated carbocycles. The Morgan fingerprint density at radius 1 is 1.17 bits per heavy atom. The lowest BCUT2D eigenvalue weighted by molar-refractivity contribution is 0.628. The molecular weight excluding hydrogens is 229 g/mol. The van der Waals surface area contributed by atoms with Crippen LogP contribution in [0.1, 0.15) is 6.92 Å². The predicted octanol–water partition coefficient (Wildman–Crippen LogP) is 3.42. The Kier molecular flexibility index (Phi) is 3.77. The van der Waals surface area contributed by atoms with Crippen LogP contribution in [0.4, 0.5) is 21.7 Å². The van der Waals surface area contributed by atoms with Crippen LogP contribution in [0.5, 0.6) is 0 Å². The van der Waals surface area contributed by atoms with Crippen LogP contribution in [0.3, 0.4) is 0 Å². The van der Waals surface area contributed by atoms with E-state index >= 15 is 0 Å². The number of hydrogen-bond acceptors (Lipinski definition) is 3. The SMILES string of the molecule is CCNc1cccc(N(C)c2ccc(F)cc2)n1. The lowest BCUT2D eigenvalue weighted by Gasteiger charge is -2.19. The summed E-state index contributed by atoms with van der Waals surface area (Å²) in [5.74, 6) is 1.42. The molecule has 1 aromatic carbocycles. The minimum absolute atomic E-state index is 0.235. The highest BCUT2D eigenvalue weighted by Gasteiger charge is 2.05. The summed E-state index contributed by atoms with van der Waals surface area (Å²) in [6, 6.07) is 12.1. The van der Waals surface area contributed by atoms with Crippen LogP contribution in [-0.4, -0.2) is 18.6 Å². The maximum absolute atomic E-state index is 12.9. The van der Waals surface area contributed by atoms with Gasteiger partial charge in [-0.3, -0.25) is 0 Å². The van der Waals surface area contributed by atoms with Crippen LogP contribution < -0.4 is 10.2 Å². The zero-order valence-electron chi connectivity index (χ0n) is 10.5. The van der Waals surface area contributed by atoms with Crippen LogP contribution >= 0.6 is 0 Å². The molecule has 0 atom stereocenters. The van der Waals surface area contributed by atoms with Gasteiger partial charge in [-0.1, -0.05) is 6.07 Å². The van der Waals surface area contributed by atoms with Crippen molar-refractivity contribution in [3.05, 3.63) is 48.3 Å². The van der Waals surface area contributed by atoms with E-state index < -0.39 is 0 Å². The molecule has 94 valence electrons. The average molecular weight is 245 g/mol. The fraction of sp³-hybridized carbons (Fsp3) is 0.214. The van der Waals surface area contributed by atoms with Crippen LogP contribution in [0.2, 0.25) is 0 Å². The molecule has 1 heterocycles. The molecule has 1 N–H and O–H groups in total. The van der Waals surface area contributed by atoms with Crippen molar-refractivity contribution in [3.8, 4) is 0 Å². The summed E-state index contributed by atoms with van der Waals surface area (Å²) in [6.07, 6.45) is 0. The Morgan fingerprint density at radius 3 is 2.56 bits per heavy atom. The normalized spacial score (nSPS) is 10.2. The highest BCUT2D eigenvalue weighted by atomic mass is 19.1. The van der Waals surface area contributed by atoms with E-state index in [2.05, 4.69) is 10.3 Å². The molecule has 2 rings (SSSR count). The van der Waals surface area contributed by atoms with Crippen LogP contribution in [0.15, 0.2) is 42.5 Å². The van der Waals surface area contributed by atoms with Gasteiger partial charge in [0.05, 0.1) is 0 Å². The number of hydrogen-bond donors (Lipinski definition) is 1. The molecule has 1 aromatic heterocycles. The summed E-state index contributed by atoms with van der Waals surface area (Å²) in [7, 11) is 1.91. The van der Waals surface area contributed by atoms with Crippen LogP contribution in [-0.2, 0) is 0 Å². The minimum atomic E-state index is -0.235. The second kappa shape index (κ2) is 5.49. The van der Waals surface area contributed by atoms with Gasteiger partial charge in [0.25, 0.3) is 0 Å². The molecule has 2 aromatic rings. The molecule has 0 amide bonds. The van der Waals surface area contributed by atoms with E-state index in [0.717, 1.165) is 23.9 Å². The van der Waals surface area contributed by atoms with Crippen molar-refractivity contribution in [1.29, 1.82) is 0 Å². The predicted molar refractivity (Wildman–Crippen MR) is 72.9 cm³/mol. The van der Waals surface area contributed by atoms with Crippen molar-refractivity contribution in [2.45, 2.75) is 6.92 Å². The van der Waals surface area contributed by atoms with E-state index in [1.54, 1.807) is 12.1 Å². The number of anilines is 3. The fourth-order valence-electron chi connectivity index (χ4n) is 1.69. The molecule has 0 spiro atoms. The number of benzene rings is 1. The molecule has 3 nitrogen and oxygen atoms in total. The van der Waals surface area contributed by atoms with Gasteiger partial charge in [0.1, 0.15) is 17.5 Å². The van der Waals surface area contributed by atoms with E-state index in [-0.39, 0.29) is 5.82 Å². The highest BCUT2D eigenvalue weighted by Crippen LogP contribution is 2.22. The minimum Gasteiger partial charge on any atom is -0.370 e. The van der Waals surface area contributed by atoms with Gasteiger partial charge in [-0.15, -0.1) is 0 Å². The first-order chi connectivity index (χ1) is 8.70. The summed E-state index contributed by atoms with van der Waals surface area (Å²) in [5, 5.41) is 3.17. The standard InChI is InChI=1S/C14H16FN3/c1-3-16-13-5-4-6-14(17-13)18(2)12-9-7-11(15)8-10-12/h4-10H,3H2,1-2H3,(H,16,17). The average Bonchev–Trinajstić information content (AvgIpc) is 2.39. The van der Waals surface area contributed by atoms with E-state index in [4.69, 9.17) is 0 Å². The van der Waals surface area contributed by atoms with Crippen molar-refractivity contribution >= 4 is 17.3 Å². The summed E-state index contributed by atoms with van der Waals surface area (Å²) in [5.41, 5.74) is 0.901. The van der Waals surface area contributed by atoms with Crippen LogP contribution in [0, 0.1) is 5.82 Å². The first-order valence-electron chi connectivity index (χ1n) is 5.91. The van der Waals surface area contributed by atoms with Crippen molar-refractivity contribution in [2.75, 3.05) is 23.8 Å². The van der Waals surface area contributed by atoms with Crippen LogP contribution in [0.25, 0.3) is 0 Å². The van der Waals surface area contributed by atoms with E-state index in [9.17, 15) is 4.39 Å². The lowest BCUT2D eigenvalue weighted by atomic mass is 10.3. The lowest BCUT2D eigenvalue weighted by Crippen LogP contribution is -2.12. The van der Waals surface area contributed by atoms with Gasteiger partial charge >= 0.3 is 0 Å². The molecule has 4 heteroatoms. The molecule has 0 aliphatic carbocycles. The number of pyridine rings is 1. The van der Waals surface area contributed by atoms with Gasteiger partial charge in [0.2, 0.25) is 0 Å². The van der Waals surface area contributed by atoms with Crippen molar-refractivity contribution in [1.82, 2.24) is 4.98 Å². The molecule has 0 aliphatic rings. The molecule has 0 bridgehead atoms. The van der Waals surface area contributed by atoms with Gasteiger partial charge in [0, 0.05) is 19.3 Å². The maximum Gasteiger partial charge on any atom is 0.135 e. The summed E-state index contributed by atoms with van der Waals surface area (Å²) >= 11 is 0. The summed E-state index contributed by atoms with van der Waals surface area (Å²) in [6.45, 7) is 2.86. The van der Waals surface area contributed by atoms with E-state index in [1.807, 2.05) is 37.1 Å². The van der Waals surface area contributed by atoms with Gasteiger partial charge in [0.15, 0.2) is 0 Å². The third-order valence-corrected chi connectivity index (χ3v) is 2.65. The monoisotopic (exact) mass is 245 g/mol. The largest absolute Gasteiger partial charge is 0.370 e. The topological polar surface area (TPSA) is 28.2 Å². The van der Waals surface area contributed by atoms with E-state index in [0.29, 0.717) is 0 Å². The first kappa shape index (κ1) is 12.4. The number of nitrogens with one attached hydrogen (secondary N) is 1. The Labute approximate surface area is 106 Å². The number of halogens is 1.